The highest BCUT2D eigenvalue weighted by atomic mass is 35.5. The number of phenols is 1. The minimum Gasteiger partial charge on any atom is -0.507 e. The van der Waals surface area contributed by atoms with E-state index in [0.29, 0.717) is 26.9 Å². The van der Waals surface area contributed by atoms with Gasteiger partial charge in [0, 0.05) is 21.2 Å². The third kappa shape index (κ3) is 2.48. The van der Waals surface area contributed by atoms with Gasteiger partial charge in [0.05, 0.1) is 7.11 Å². The fourth-order valence-electron chi connectivity index (χ4n) is 1.61. The van der Waals surface area contributed by atoms with Crippen LogP contribution in [-0.4, -0.2) is 12.2 Å². The van der Waals surface area contributed by atoms with Crippen molar-refractivity contribution in [1.29, 1.82) is 0 Å². The fourth-order valence-corrected chi connectivity index (χ4v) is 1.96. The second kappa shape index (κ2) is 4.86. The van der Waals surface area contributed by atoms with Gasteiger partial charge in [-0.3, -0.25) is 0 Å². The van der Waals surface area contributed by atoms with Crippen molar-refractivity contribution in [1.82, 2.24) is 0 Å². The molecule has 0 aliphatic rings. The average molecular weight is 269 g/mol. The van der Waals surface area contributed by atoms with Crippen LogP contribution in [0.3, 0.4) is 0 Å². The molecule has 0 aliphatic carbocycles. The summed E-state index contributed by atoms with van der Waals surface area (Å²) < 4.78 is 5.24. The van der Waals surface area contributed by atoms with E-state index < -0.39 is 0 Å². The molecule has 0 aliphatic heterocycles. The van der Waals surface area contributed by atoms with Gasteiger partial charge in [-0.2, -0.15) is 0 Å². The molecule has 2 aromatic rings. The van der Waals surface area contributed by atoms with Gasteiger partial charge in [-0.15, -0.1) is 0 Å². The normalized spacial score (nSPS) is 10.3. The van der Waals surface area contributed by atoms with Gasteiger partial charge in [0.15, 0.2) is 0 Å². The van der Waals surface area contributed by atoms with Gasteiger partial charge >= 0.3 is 0 Å². The van der Waals surface area contributed by atoms with E-state index in [9.17, 15) is 5.11 Å². The van der Waals surface area contributed by atoms with Gasteiger partial charge in [0.2, 0.25) is 0 Å². The highest BCUT2D eigenvalue weighted by Gasteiger charge is 2.11. The maximum Gasteiger partial charge on any atom is 0.126 e. The molecule has 0 bridgehead atoms. The lowest BCUT2D eigenvalue weighted by Crippen LogP contribution is -1.88. The van der Waals surface area contributed by atoms with Gasteiger partial charge in [-0.25, -0.2) is 0 Å². The van der Waals surface area contributed by atoms with Crippen molar-refractivity contribution in [2.24, 2.45) is 0 Å². The average Bonchev–Trinajstić information content (AvgIpc) is 2.32. The zero-order chi connectivity index (χ0) is 12.4. The van der Waals surface area contributed by atoms with Crippen molar-refractivity contribution in [2.45, 2.75) is 0 Å². The summed E-state index contributed by atoms with van der Waals surface area (Å²) in [4.78, 5) is 0. The first kappa shape index (κ1) is 12.1. The molecule has 2 nitrogen and oxygen atoms in total. The maximum atomic E-state index is 9.84. The summed E-state index contributed by atoms with van der Waals surface area (Å²) in [5, 5.41) is 11.0. The lowest BCUT2D eigenvalue weighted by Gasteiger charge is -2.10. The Hall–Kier alpha value is -1.38. The van der Waals surface area contributed by atoms with Crippen LogP contribution in [0.5, 0.6) is 11.5 Å². The molecule has 0 saturated heterocycles. The Bertz CT molecular complexity index is 553. The molecule has 2 rings (SSSR count). The van der Waals surface area contributed by atoms with Crippen LogP contribution >= 0.6 is 23.2 Å². The molecule has 0 amide bonds. The largest absolute Gasteiger partial charge is 0.507 e. The van der Waals surface area contributed by atoms with Crippen LogP contribution in [0.15, 0.2) is 36.4 Å². The molecule has 0 radical (unpaired) electrons. The minimum atomic E-state index is 0.134. The van der Waals surface area contributed by atoms with Gasteiger partial charge in [-0.1, -0.05) is 23.2 Å². The second-order valence-electron chi connectivity index (χ2n) is 3.51. The Morgan fingerprint density at radius 1 is 0.941 bits per heavy atom. The number of hydrogen-bond acceptors (Lipinski definition) is 2. The van der Waals surface area contributed by atoms with Crippen LogP contribution in [0, 0.1) is 0 Å². The molecule has 0 atom stereocenters. The number of rotatable bonds is 2. The number of halogens is 2. The van der Waals surface area contributed by atoms with Gasteiger partial charge < -0.3 is 9.84 Å². The molecule has 0 spiro atoms. The van der Waals surface area contributed by atoms with E-state index in [2.05, 4.69) is 0 Å². The van der Waals surface area contributed by atoms with Gasteiger partial charge in [0.1, 0.15) is 11.5 Å². The van der Waals surface area contributed by atoms with Crippen molar-refractivity contribution >= 4 is 23.2 Å². The van der Waals surface area contributed by atoms with Crippen molar-refractivity contribution in [2.75, 3.05) is 7.11 Å². The summed E-state index contributed by atoms with van der Waals surface area (Å²) >= 11 is 11.9. The van der Waals surface area contributed by atoms with E-state index in [1.165, 1.54) is 6.07 Å². The quantitative estimate of drug-likeness (QED) is 0.876. The highest BCUT2D eigenvalue weighted by Crippen LogP contribution is 2.38. The first-order valence-electron chi connectivity index (χ1n) is 4.94. The number of ether oxygens (including phenoxy) is 1. The predicted octanol–water partition coefficient (Wildman–Crippen LogP) is 4.37. The summed E-state index contributed by atoms with van der Waals surface area (Å²) in [6.45, 7) is 0. The number of aromatic hydroxyl groups is 1. The molecular formula is C13H10Cl2O2. The van der Waals surface area contributed by atoms with Crippen molar-refractivity contribution in [3.05, 3.63) is 46.4 Å². The molecule has 17 heavy (non-hydrogen) atoms. The van der Waals surface area contributed by atoms with E-state index in [4.69, 9.17) is 27.9 Å². The Morgan fingerprint density at radius 3 is 2.18 bits per heavy atom. The first-order chi connectivity index (χ1) is 8.11. The van der Waals surface area contributed by atoms with Gasteiger partial charge in [-0.05, 0) is 36.4 Å². The molecule has 0 heterocycles. The van der Waals surface area contributed by atoms with Gasteiger partial charge in [0.25, 0.3) is 0 Å². The molecular weight excluding hydrogens is 259 g/mol. The summed E-state index contributed by atoms with van der Waals surface area (Å²) in [7, 11) is 1.56. The first-order valence-corrected chi connectivity index (χ1v) is 5.70. The van der Waals surface area contributed by atoms with E-state index in [0.717, 1.165) is 0 Å². The second-order valence-corrected chi connectivity index (χ2v) is 4.38. The Morgan fingerprint density at radius 2 is 1.53 bits per heavy atom. The number of phenolic OH excluding ortho intramolecular Hbond substituents is 1. The molecule has 1 N–H and O–H groups in total. The van der Waals surface area contributed by atoms with Crippen LogP contribution in [0.1, 0.15) is 0 Å². The summed E-state index contributed by atoms with van der Waals surface area (Å²) in [5.41, 5.74) is 1.30. The monoisotopic (exact) mass is 268 g/mol. The SMILES string of the molecule is COc1ccc(Cl)cc1-c1cc(Cl)ccc1O. The summed E-state index contributed by atoms with van der Waals surface area (Å²) in [6, 6.07) is 10.0. The molecule has 4 heteroatoms. The topological polar surface area (TPSA) is 29.5 Å². The number of benzene rings is 2. The third-order valence-corrected chi connectivity index (χ3v) is 2.88. The van der Waals surface area contributed by atoms with Crippen molar-refractivity contribution in [3.8, 4) is 22.6 Å². The van der Waals surface area contributed by atoms with E-state index in [-0.39, 0.29) is 5.75 Å². The number of methoxy groups -OCH3 is 1. The summed E-state index contributed by atoms with van der Waals surface area (Å²) in [5.74, 6) is 0.766. The zero-order valence-corrected chi connectivity index (χ0v) is 10.6. The number of hydrogen-bond donors (Lipinski definition) is 1. The molecule has 0 saturated carbocycles. The van der Waals surface area contributed by atoms with Crippen LogP contribution in [-0.2, 0) is 0 Å². The lowest BCUT2D eigenvalue weighted by atomic mass is 10.0. The van der Waals surface area contributed by atoms with Crippen molar-refractivity contribution < 1.29 is 9.84 Å². The predicted molar refractivity (Wildman–Crippen MR) is 70.1 cm³/mol. The van der Waals surface area contributed by atoms with Crippen LogP contribution in [0.2, 0.25) is 10.0 Å². The Labute approximate surface area is 109 Å². The lowest BCUT2D eigenvalue weighted by molar-refractivity contribution is 0.415. The zero-order valence-electron chi connectivity index (χ0n) is 9.08. The molecule has 0 aromatic heterocycles. The molecule has 0 unspecified atom stereocenters. The standard InChI is InChI=1S/C13H10Cl2O2/c1-17-13-5-3-9(15)7-11(13)10-6-8(14)2-4-12(10)16/h2-7,16H,1H3. The van der Waals surface area contributed by atoms with E-state index >= 15 is 0 Å². The smallest absolute Gasteiger partial charge is 0.126 e. The highest BCUT2D eigenvalue weighted by molar-refractivity contribution is 6.31. The Balaban J connectivity index is 2.66. The van der Waals surface area contributed by atoms with Crippen LogP contribution < -0.4 is 4.74 Å². The van der Waals surface area contributed by atoms with Crippen LogP contribution in [0.4, 0.5) is 0 Å². The van der Waals surface area contributed by atoms with E-state index in [1.54, 1.807) is 37.4 Å². The molecule has 0 fully saturated rings. The fraction of sp³-hybridized carbons (Fsp3) is 0.0769. The van der Waals surface area contributed by atoms with Crippen molar-refractivity contribution in [3.63, 3.8) is 0 Å². The Kier molecular flexibility index (Phi) is 3.46. The van der Waals surface area contributed by atoms with E-state index in [1.807, 2.05) is 0 Å². The minimum absolute atomic E-state index is 0.134. The summed E-state index contributed by atoms with van der Waals surface area (Å²) in [6.07, 6.45) is 0. The van der Waals surface area contributed by atoms with Crippen LogP contribution in [0.25, 0.3) is 11.1 Å². The molecule has 2 aromatic carbocycles. The third-order valence-electron chi connectivity index (χ3n) is 2.41. The molecule has 88 valence electrons. The maximum absolute atomic E-state index is 9.84.